The topological polar surface area (TPSA) is 56.1 Å². The second-order valence-electron chi connectivity index (χ2n) is 9.14. The fraction of sp³-hybridized carbons (Fsp3) is 0.321. The van der Waals surface area contributed by atoms with Gasteiger partial charge < -0.3 is 4.74 Å². The fourth-order valence-corrected chi connectivity index (χ4v) is 4.60. The summed E-state index contributed by atoms with van der Waals surface area (Å²) in [6.45, 7) is 4.66. The van der Waals surface area contributed by atoms with Gasteiger partial charge in [-0.05, 0) is 52.4 Å². The first-order chi connectivity index (χ1) is 18.3. The minimum absolute atomic E-state index is 0. The van der Waals surface area contributed by atoms with E-state index in [2.05, 4.69) is 39.4 Å². The maximum Gasteiger partial charge on any atom is 0.417 e. The zero-order chi connectivity index (χ0) is 27.0. The highest BCUT2D eigenvalue weighted by Gasteiger charge is 2.34. The van der Waals surface area contributed by atoms with Crippen LogP contribution in [0, 0.1) is 0 Å². The Bertz CT molecular complexity index is 1290. The molecule has 0 saturated carbocycles. The normalized spacial score (nSPS) is 12.3. The van der Waals surface area contributed by atoms with Crippen LogP contribution in [0.15, 0.2) is 79.1 Å². The average Bonchev–Trinajstić information content (AvgIpc) is 3.41. The number of hydrogen-bond donors (Lipinski definition) is 0. The highest BCUT2D eigenvalue weighted by atomic mass is 35.5. The van der Waals surface area contributed by atoms with Gasteiger partial charge in [0.05, 0.1) is 23.7 Å². The second-order valence-corrected chi connectivity index (χ2v) is 9.52. The zero-order valence-corrected chi connectivity index (χ0v) is 23.0. The molecule has 1 heterocycles. The van der Waals surface area contributed by atoms with E-state index in [9.17, 15) is 13.2 Å². The molecule has 6 nitrogen and oxygen atoms in total. The van der Waals surface area contributed by atoms with Crippen LogP contribution in [0.1, 0.15) is 41.5 Å². The number of aromatic nitrogens is 4. The molecule has 11 heteroatoms. The second kappa shape index (κ2) is 14.3. The summed E-state index contributed by atoms with van der Waals surface area (Å²) in [6.07, 6.45) is -2.42. The molecule has 208 valence electrons. The van der Waals surface area contributed by atoms with E-state index in [0.717, 1.165) is 17.4 Å². The summed E-state index contributed by atoms with van der Waals surface area (Å²) in [5.41, 5.74) is 1.80. The third kappa shape index (κ3) is 8.95. The van der Waals surface area contributed by atoms with Crippen LogP contribution in [-0.2, 0) is 19.3 Å². The molecule has 1 atom stereocenters. The van der Waals surface area contributed by atoms with Crippen LogP contribution in [0.25, 0.3) is 0 Å². The Labute approximate surface area is 237 Å². The lowest BCUT2D eigenvalue weighted by atomic mass is 10.00. The van der Waals surface area contributed by atoms with E-state index in [1.165, 1.54) is 22.8 Å². The van der Waals surface area contributed by atoms with Gasteiger partial charge in [-0.2, -0.15) is 18.0 Å². The number of tetrazole rings is 1. The van der Waals surface area contributed by atoms with Crippen LogP contribution >= 0.6 is 24.0 Å². The van der Waals surface area contributed by atoms with E-state index in [-0.39, 0.29) is 23.3 Å². The van der Waals surface area contributed by atoms with Gasteiger partial charge in [-0.25, -0.2) is 0 Å². The maximum atomic E-state index is 13.4. The van der Waals surface area contributed by atoms with Gasteiger partial charge in [-0.15, -0.1) is 22.6 Å². The van der Waals surface area contributed by atoms with Gasteiger partial charge in [0.1, 0.15) is 5.75 Å². The van der Waals surface area contributed by atoms with E-state index >= 15 is 0 Å². The van der Waals surface area contributed by atoms with E-state index in [1.807, 2.05) is 42.5 Å². The van der Waals surface area contributed by atoms with Gasteiger partial charge in [0.2, 0.25) is 0 Å². The van der Waals surface area contributed by atoms with E-state index in [1.54, 1.807) is 6.07 Å². The van der Waals surface area contributed by atoms with Crippen molar-refractivity contribution in [1.82, 2.24) is 25.1 Å². The van der Waals surface area contributed by atoms with Gasteiger partial charge in [0.25, 0.3) is 0 Å². The Morgan fingerprint density at radius 3 is 2.51 bits per heavy atom. The van der Waals surface area contributed by atoms with Crippen molar-refractivity contribution in [3.63, 3.8) is 0 Å². The van der Waals surface area contributed by atoms with E-state index in [4.69, 9.17) is 16.3 Å². The summed E-state index contributed by atoms with van der Waals surface area (Å²) in [5.74, 6) is 0.913. The third-order valence-corrected chi connectivity index (χ3v) is 6.63. The molecular formula is C28H30Cl2F3N5O. The molecule has 0 radical (unpaired) electrons. The Balaban J connectivity index is 0.00000420. The zero-order valence-electron chi connectivity index (χ0n) is 21.4. The van der Waals surface area contributed by atoms with Gasteiger partial charge in [0, 0.05) is 19.6 Å². The molecular weight excluding hydrogens is 550 g/mol. The first kappa shape index (κ1) is 30.4. The number of hydrogen-bond acceptors (Lipinski definition) is 5. The summed E-state index contributed by atoms with van der Waals surface area (Å²) in [6, 6.07) is 21.8. The van der Waals surface area contributed by atoms with Crippen molar-refractivity contribution < 1.29 is 17.9 Å². The highest BCUT2D eigenvalue weighted by Crippen LogP contribution is 2.36. The van der Waals surface area contributed by atoms with Crippen LogP contribution < -0.4 is 4.74 Å². The molecule has 0 spiro atoms. The largest absolute Gasteiger partial charge is 0.494 e. The minimum Gasteiger partial charge on any atom is -0.494 e. The minimum atomic E-state index is -4.50. The molecule has 0 aliphatic carbocycles. The summed E-state index contributed by atoms with van der Waals surface area (Å²) in [7, 11) is 0. The average molecular weight is 580 g/mol. The molecule has 1 unspecified atom stereocenters. The number of ether oxygens (including phenoxy) is 1. The molecule has 4 rings (SSSR count). The van der Waals surface area contributed by atoms with Crippen molar-refractivity contribution in [2.75, 3.05) is 19.7 Å². The molecule has 0 bridgehead atoms. The van der Waals surface area contributed by atoms with Gasteiger partial charge in [0.15, 0.2) is 6.33 Å². The summed E-state index contributed by atoms with van der Waals surface area (Å²) < 4.78 is 46.2. The van der Waals surface area contributed by atoms with Gasteiger partial charge in [-0.1, -0.05) is 73.1 Å². The Hall–Kier alpha value is -3.14. The first-order valence-electron chi connectivity index (χ1n) is 12.3. The lowest BCUT2D eigenvalue weighted by Gasteiger charge is -2.27. The number of benzene rings is 3. The van der Waals surface area contributed by atoms with Crippen molar-refractivity contribution in [1.29, 1.82) is 0 Å². The quantitative estimate of drug-likeness (QED) is 0.171. The number of alkyl halides is 3. The fourth-order valence-electron chi connectivity index (χ4n) is 4.31. The van der Waals surface area contributed by atoms with Crippen LogP contribution in [0.5, 0.6) is 5.75 Å². The number of rotatable bonds is 12. The summed E-state index contributed by atoms with van der Waals surface area (Å²) in [4.78, 5) is 3.62. The summed E-state index contributed by atoms with van der Waals surface area (Å²) in [5, 5.41) is 11.4. The van der Waals surface area contributed by atoms with Crippen LogP contribution in [0.3, 0.4) is 0 Å². The van der Waals surface area contributed by atoms with Crippen molar-refractivity contribution >= 4 is 24.0 Å². The van der Waals surface area contributed by atoms with Crippen LogP contribution in [-0.4, -0.2) is 44.8 Å². The van der Waals surface area contributed by atoms with Crippen molar-refractivity contribution in [2.45, 2.75) is 38.5 Å². The third-order valence-electron chi connectivity index (χ3n) is 6.18. The number of halogens is 5. The SMILES string of the molecule is CC(CN(CCCOc1cccc(Cn2ncnn2)c1)Cc1cccc(C(F)(F)F)c1Cl)c1ccccc1.Cl. The lowest BCUT2D eigenvalue weighted by molar-refractivity contribution is -0.137. The molecule has 0 saturated heterocycles. The molecule has 0 aliphatic rings. The molecule has 3 aromatic carbocycles. The molecule has 1 aromatic heterocycles. The van der Waals surface area contributed by atoms with Crippen LogP contribution in [0.4, 0.5) is 13.2 Å². The highest BCUT2D eigenvalue weighted by molar-refractivity contribution is 6.32. The standard InChI is InChI=1S/C28H29ClF3N5O.ClH/c1-21(23-9-3-2-4-10-23)17-36(19-24-11-6-13-26(27(24)29)28(30,31)32)14-7-15-38-25-12-5-8-22(16-25)18-37-34-20-33-35-37;/h2-6,8-13,16,20-21H,7,14-15,17-19H2,1H3;1H. The monoisotopic (exact) mass is 579 g/mol. The van der Waals surface area contributed by atoms with E-state index in [0.29, 0.717) is 44.8 Å². The summed E-state index contributed by atoms with van der Waals surface area (Å²) >= 11 is 6.21. The maximum absolute atomic E-state index is 13.4. The van der Waals surface area contributed by atoms with Crippen LogP contribution in [0.2, 0.25) is 5.02 Å². The smallest absolute Gasteiger partial charge is 0.417 e. The van der Waals surface area contributed by atoms with Gasteiger partial charge in [-0.3, -0.25) is 4.90 Å². The molecule has 0 fully saturated rings. The van der Waals surface area contributed by atoms with Gasteiger partial charge >= 0.3 is 6.18 Å². The molecule has 0 N–H and O–H groups in total. The molecule has 4 aromatic rings. The van der Waals surface area contributed by atoms with Crippen molar-refractivity contribution in [2.24, 2.45) is 0 Å². The molecule has 0 aliphatic heterocycles. The first-order valence-corrected chi connectivity index (χ1v) is 12.7. The van der Waals surface area contributed by atoms with Crippen molar-refractivity contribution in [3.8, 4) is 5.75 Å². The van der Waals surface area contributed by atoms with E-state index < -0.39 is 11.7 Å². The molecule has 39 heavy (non-hydrogen) atoms. The van der Waals surface area contributed by atoms with Crippen molar-refractivity contribution in [3.05, 3.63) is 106 Å². The predicted octanol–water partition coefficient (Wildman–Crippen LogP) is 6.89. The predicted molar refractivity (Wildman–Crippen MR) is 147 cm³/mol. The Kier molecular flexibility index (Phi) is 11.2. The molecule has 0 amide bonds. The number of nitrogens with zero attached hydrogens (tertiary/aromatic N) is 5. The Morgan fingerprint density at radius 1 is 1.03 bits per heavy atom. The lowest BCUT2D eigenvalue weighted by Crippen LogP contribution is -2.30. The Morgan fingerprint density at radius 2 is 1.79 bits per heavy atom.